The van der Waals surface area contributed by atoms with Crippen LogP contribution < -0.4 is 11.1 Å². The largest absolute Gasteiger partial charge is 0.381 e. The minimum Gasteiger partial charge on any atom is -0.381 e. The molecule has 18 heavy (non-hydrogen) atoms. The van der Waals surface area contributed by atoms with Crippen LogP contribution in [0.25, 0.3) is 0 Å². The molecule has 0 aromatic carbocycles. The second-order valence-corrected chi connectivity index (χ2v) is 5.07. The Bertz CT molecular complexity index is 379. The van der Waals surface area contributed by atoms with Crippen LogP contribution >= 0.6 is 11.3 Å². The molecule has 0 unspecified atom stereocenters. The standard InChI is InChI=1S/C12H21N3O2S/c1-3-4-7-17-8-5-6-14-11(16)10-9(2)15-12(13)18-10/h3-8H2,1-2H3,(H2,13,15)(H,14,16). The molecule has 1 rings (SSSR count). The molecule has 0 aliphatic carbocycles. The number of hydrogen-bond acceptors (Lipinski definition) is 5. The van der Waals surface area contributed by atoms with Gasteiger partial charge in [-0.15, -0.1) is 0 Å². The lowest BCUT2D eigenvalue weighted by Crippen LogP contribution is -2.25. The summed E-state index contributed by atoms with van der Waals surface area (Å²) in [5, 5.41) is 3.27. The third-order valence-electron chi connectivity index (χ3n) is 2.41. The number of nitrogens with two attached hydrogens (primary N) is 1. The topological polar surface area (TPSA) is 77.2 Å². The molecule has 3 N–H and O–H groups in total. The van der Waals surface area contributed by atoms with E-state index < -0.39 is 0 Å². The number of anilines is 1. The van der Waals surface area contributed by atoms with Crippen molar-refractivity contribution in [1.82, 2.24) is 10.3 Å². The van der Waals surface area contributed by atoms with E-state index in [-0.39, 0.29) is 5.91 Å². The first kappa shape index (κ1) is 14.9. The van der Waals surface area contributed by atoms with Crippen LogP contribution in [0.3, 0.4) is 0 Å². The second kappa shape index (κ2) is 8.05. The molecule has 0 aliphatic rings. The minimum absolute atomic E-state index is 0.102. The number of carbonyl (C=O) groups is 1. The van der Waals surface area contributed by atoms with Crippen molar-refractivity contribution in [2.24, 2.45) is 0 Å². The molecule has 102 valence electrons. The molecule has 5 nitrogen and oxygen atoms in total. The van der Waals surface area contributed by atoms with E-state index in [0.717, 1.165) is 25.9 Å². The SMILES string of the molecule is CCCCOCCCNC(=O)c1sc(N)nc1C. The number of nitrogen functional groups attached to an aromatic ring is 1. The summed E-state index contributed by atoms with van der Waals surface area (Å²) in [4.78, 5) is 16.4. The van der Waals surface area contributed by atoms with Crippen LogP contribution in [0.5, 0.6) is 0 Å². The smallest absolute Gasteiger partial charge is 0.263 e. The van der Waals surface area contributed by atoms with Crippen molar-refractivity contribution in [1.29, 1.82) is 0 Å². The van der Waals surface area contributed by atoms with Gasteiger partial charge in [0.2, 0.25) is 0 Å². The fraction of sp³-hybridized carbons (Fsp3) is 0.667. The van der Waals surface area contributed by atoms with Gasteiger partial charge in [-0.3, -0.25) is 4.79 Å². The van der Waals surface area contributed by atoms with E-state index in [2.05, 4.69) is 17.2 Å². The van der Waals surface area contributed by atoms with Gasteiger partial charge >= 0.3 is 0 Å². The summed E-state index contributed by atoms with van der Waals surface area (Å²) >= 11 is 1.22. The van der Waals surface area contributed by atoms with Crippen molar-refractivity contribution in [3.8, 4) is 0 Å². The molecule has 0 bridgehead atoms. The van der Waals surface area contributed by atoms with Crippen LogP contribution in [0.2, 0.25) is 0 Å². The maximum absolute atomic E-state index is 11.8. The average Bonchev–Trinajstić information content (AvgIpc) is 2.67. The molecule has 0 saturated carbocycles. The number of ether oxygens (including phenoxy) is 1. The van der Waals surface area contributed by atoms with Crippen LogP contribution in [-0.4, -0.2) is 30.6 Å². The van der Waals surface area contributed by atoms with Crippen LogP contribution in [-0.2, 0) is 4.74 Å². The van der Waals surface area contributed by atoms with Crippen LogP contribution in [0.15, 0.2) is 0 Å². The van der Waals surface area contributed by atoms with Crippen molar-refractivity contribution in [3.05, 3.63) is 10.6 Å². The first-order chi connectivity index (χ1) is 8.65. The molecule has 0 radical (unpaired) electrons. The molecule has 6 heteroatoms. The molecule has 0 atom stereocenters. The minimum atomic E-state index is -0.102. The highest BCUT2D eigenvalue weighted by Gasteiger charge is 2.13. The van der Waals surface area contributed by atoms with Crippen molar-refractivity contribution >= 4 is 22.4 Å². The number of thiazole rings is 1. The Morgan fingerprint density at radius 2 is 2.17 bits per heavy atom. The summed E-state index contributed by atoms with van der Waals surface area (Å²) in [5.74, 6) is -0.102. The Hall–Kier alpha value is -1.14. The van der Waals surface area contributed by atoms with E-state index in [1.54, 1.807) is 6.92 Å². The number of nitrogens with zero attached hydrogens (tertiary/aromatic N) is 1. The zero-order chi connectivity index (χ0) is 13.4. The Balaban J connectivity index is 2.16. The molecule has 0 spiro atoms. The lowest BCUT2D eigenvalue weighted by Gasteiger charge is -2.05. The first-order valence-corrected chi connectivity index (χ1v) is 7.05. The number of unbranched alkanes of at least 4 members (excludes halogenated alkanes) is 1. The van der Waals surface area contributed by atoms with Crippen molar-refractivity contribution in [3.63, 3.8) is 0 Å². The molecule has 1 heterocycles. The number of hydrogen-bond donors (Lipinski definition) is 2. The Labute approximate surface area is 112 Å². The Kier molecular flexibility index (Phi) is 6.67. The lowest BCUT2D eigenvalue weighted by molar-refractivity contribution is 0.0943. The molecule has 0 fully saturated rings. The van der Waals surface area contributed by atoms with E-state index in [0.29, 0.717) is 28.9 Å². The highest BCUT2D eigenvalue weighted by molar-refractivity contribution is 7.17. The van der Waals surface area contributed by atoms with Gasteiger partial charge in [0.1, 0.15) is 4.88 Å². The number of nitrogens with one attached hydrogen (secondary N) is 1. The molecule has 1 aromatic rings. The van der Waals surface area contributed by atoms with Gasteiger partial charge in [-0.25, -0.2) is 4.98 Å². The average molecular weight is 271 g/mol. The van der Waals surface area contributed by atoms with Gasteiger partial charge in [0.05, 0.1) is 5.69 Å². The summed E-state index contributed by atoms with van der Waals surface area (Å²) in [6.45, 7) is 6.02. The van der Waals surface area contributed by atoms with Gasteiger partial charge < -0.3 is 15.8 Å². The molecule has 1 aromatic heterocycles. The monoisotopic (exact) mass is 271 g/mol. The van der Waals surface area contributed by atoms with E-state index in [1.165, 1.54) is 11.3 Å². The van der Waals surface area contributed by atoms with E-state index >= 15 is 0 Å². The zero-order valence-corrected chi connectivity index (χ0v) is 11.8. The van der Waals surface area contributed by atoms with Gasteiger partial charge in [-0.1, -0.05) is 24.7 Å². The zero-order valence-electron chi connectivity index (χ0n) is 11.0. The second-order valence-electron chi connectivity index (χ2n) is 4.04. The van der Waals surface area contributed by atoms with E-state index in [4.69, 9.17) is 10.5 Å². The van der Waals surface area contributed by atoms with Crippen LogP contribution in [0, 0.1) is 6.92 Å². The molecule has 1 amide bonds. The predicted molar refractivity (Wildman–Crippen MR) is 73.9 cm³/mol. The quantitative estimate of drug-likeness (QED) is 0.709. The lowest BCUT2D eigenvalue weighted by atomic mass is 10.3. The third-order valence-corrected chi connectivity index (χ3v) is 3.40. The number of aromatic nitrogens is 1. The predicted octanol–water partition coefficient (Wildman–Crippen LogP) is 1.97. The highest BCUT2D eigenvalue weighted by Crippen LogP contribution is 2.19. The number of amides is 1. The fourth-order valence-corrected chi connectivity index (χ4v) is 2.18. The van der Waals surface area contributed by atoms with E-state index in [9.17, 15) is 4.79 Å². The Morgan fingerprint density at radius 1 is 1.44 bits per heavy atom. The fourth-order valence-electron chi connectivity index (χ4n) is 1.43. The van der Waals surface area contributed by atoms with Gasteiger partial charge in [0, 0.05) is 19.8 Å². The number of rotatable bonds is 8. The highest BCUT2D eigenvalue weighted by atomic mass is 32.1. The molecule has 0 saturated heterocycles. The van der Waals surface area contributed by atoms with E-state index in [1.807, 2.05) is 0 Å². The maximum Gasteiger partial charge on any atom is 0.263 e. The summed E-state index contributed by atoms with van der Waals surface area (Å²) in [5.41, 5.74) is 6.24. The number of aryl methyl sites for hydroxylation is 1. The summed E-state index contributed by atoms with van der Waals surface area (Å²) in [6.07, 6.45) is 3.05. The summed E-state index contributed by atoms with van der Waals surface area (Å²) < 4.78 is 5.41. The molecular formula is C12H21N3O2S. The third kappa shape index (κ3) is 5.01. The molecular weight excluding hydrogens is 250 g/mol. The van der Waals surface area contributed by atoms with Crippen molar-refractivity contribution < 1.29 is 9.53 Å². The summed E-state index contributed by atoms with van der Waals surface area (Å²) in [7, 11) is 0. The summed E-state index contributed by atoms with van der Waals surface area (Å²) in [6, 6.07) is 0. The van der Waals surface area contributed by atoms with Crippen LogP contribution in [0.1, 0.15) is 41.6 Å². The van der Waals surface area contributed by atoms with Crippen molar-refractivity contribution in [2.75, 3.05) is 25.5 Å². The van der Waals surface area contributed by atoms with Crippen LogP contribution in [0.4, 0.5) is 5.13 Å². The van der Waals surface area contributed by atoms with Gasteiger partial charge in [-0.2, -0.15) is 0 Å². The first-order valence-electron chi connectivity index (χ1n) is 6.24. The van der Waals surface area contributed by atoms with Gasteiger partial charge in [0.25, 0.3) is 5.91 Å². The maximum atomic E-state index is 11.8. The van der Waals surface area contributed by atoms with Gasteiger partial charge in [0.15, 0.2) is 5.13 Å². The van der Waals surface area contributed by atoms with Crippen molar-refractivity contribution in [2.45, 2.75) is 33.1 Å². The normalized spacial score (nSPS) is 10.6. The number of carbonyl (C=O) groups excluding carboxylic acids is 1. The Morgan fingerprint density at radius 3 is 2.78 bits per heavy atom. The molecule has 0 aliphatic heterocycles. The van der Waals surface area contributed by atoms with Gasteiger partial charge in [-0.05, 0) is 19.8 Å².